The maximum Gasteiger partial charge on any atom is 0.204 e. The molecule has 3 aromatic rings. The van der Waals surface area contributed by atoms with Crippen LogP contribution in [0.3, 0.4) is 0 Å². The van der Waals surface area contributed by atoms with E-state index in [-0.39, 0.29) is 35.9 Å². The van der Waals surface area contributed by atoms with E-state index in [2.05, 4.69) is 4.98 Å². The summed E-state index contributed by atoms with van der Waals surface area (Å²) in [4.78, 5) is 16.3. The smallest absolute Gasteiger partial charge is 0.204 e. The fourth-order valence-corrected chi connectivity index (χ4v) is 3.07. The number of ether oxygens (including phenoxy) is 2. The van der Waals surface area contributed by atoms with Crippen molar-refractivity contribution < 1.29 is 23.0 Å². The summed E-state index contributed by atoms with van der Waals surface area (Å²) >= 11 is 1.38. The molecule has 0 N–H and O–H groups in total. The molecule has 0 aliphatic heterocycles. The number of para-hydroxylation sites is 1. The Morgan fingerprint density at radius 2 is 2.00 bits per heavy atom. The molecule has 134 valence electrons. The molecule has 0 fully saturated rings. The average molecular weight is 375 g/mol. The zero-order valence-corrected chi connectivity index (χ0v) is 14.7. The number of methoxy groups -OCH3 is 1. The topological polar surface area (TPSA) is 48.4 Å². The van der Waals surface area contributed by atoms with Gasteiger partial charge in [-0.15, -0.1) is 11.3 Å². The Morgan fingerprint density at radius 3 is 2.73 bits per heavy atom. The van der Waals surface area contributed by atoms with Crippen LogP contribution in [0.1, 0.15) is 10.6 Å². The van der Waals surface area contributed by atoms with Crippen molar-refractivity contribution >= 4 is 17.1 Å². The van der Waals surface area contributed by atoms with Crippen molar-refractivity contribution in [3.8, 4) is 17.2 Å². The summed E-state index contributed by atoms with van der Waals surface area (Å²) in [6, 6.07) is 8.04. The fraction of sp³-hybridized carbons (Fsp3) is 0.158. The van der Waals surface area contributed by atoms with Crippen LogP contribution in [0.2, 0.25) is 0 Å². The number of halogens is 2. The van der Waals surface area contributed by atoms with Gasteiger partial charge in [0.05, 0.1) is 18.5 Å². The monoisotopic (exact) mass is 375 g/mol. The minimum Gasteiger partial charge on any atom is -0.493 e. The molecule has 1 heterocycles. The lowest BCUT2D eigenvalue weighted by Crippen LogP contribution is -2.08. The zero-order valence-electron chi connectivity index (χ0n) is 13.9. The summed E-state index contributed by atoms with van der Waals surface area (Å²) in [7, 11) is 1.39. The molecular formula is C19H15F2NO3S. The Balaban J connectivity index is 1.85. The van der Waals surface area contributed by atoms with Gasteiger partial charge in [-0.05, 0) is 30.3 Å². The molecule has 0 bridgehead atoms. The second-order valence-corrected chi connectivity index (χ2v) is 6.42. The lowest BCUT2D eigenvalue weighted by molar-refractivity contribution is -0.117. The van der Waals surface area contributed by atoms with Crippen LogP contribution in [0.5, 0.6) is 17.2 Å². The van der Waals surface area contributed by atoms with Crippen molar-refractivity contribution in [1.82, 2.24) is 4.98 Å². The summed E-state index contributed by atoms with van der Waals surface area (Å²) in [6.45, 7) is 0. The molecule has 3 rings (SSSR count). The second kappa shape index (κ2) is 8.05. The van der Waals surface area contributed by atoms with Gasteiger partial charge in [0, 0.05) is 23.6 Å². The van der Waals surface area contributed by atoms with Crippen molar-refractivity contribution in [3.63, 3.8) is 0 Å². The highest BCUT2D eigenvalue weighted by Crippen LogP contribution is 2.35. The molecule has 0 saturated carbocycles. The van der Waals surface area contributed by atoms with Crippen LogP contribution < -0.4 is 9.47 Å². The molecule has 2 aromatic carbocycles. The first-order chi connectivity index (χ1) is 12.6. The molecule has 0 amide bonds. The summed E-state index contributed by atoms with van der Waals surface area (Å²) in [6.07, 6.45) is 1.72. The summed E-state index contributed by atoms with van der Waals surface area (Å²) < 4.78 is 38.5. The number of rotatable bonds is 7. The third kappa shape index (κ3) is 4.23. The number of thiazole rings is 1. The van der Waals surface area contributed by atoms with Gasteiger partial charge in [-0.1, -0.05) is 6.07 Å². The largest absolute Gasteiger partial charge is 0.493 e. The van der Waals surface area contributed by atoms with E-state index in [1.807, 2.05) is 0 Å². The van der Waals surface area contributed by atoms with E-state index < -0.39 is 11.6 Å². The van der Waals surface area contributed by atoms with Crippen molar-refractivity contribution in [2.24, 2.45) is 0 Å². The van der Waals surface area contributed by atoms with Gasteiger partial charge in [0.2, 0.25) is 5.75 Å². The van der Waals surface area contributed by atoms with Gasteiger partial charge < -0.3 is 9.47 Å². The Morgan fingerprint density at radius 1 is 1.15 bits per heavy atom. The van der Waals surface area contributed by atoms with Crippen molar-refractivity contribution in [2.45, 2.75) is 12.8 Å². The van der Waals surface area contributed by atoms with E-state index in [1.54, 1.807) is 17.6 Å². The molecule has 1 aromatic heterocycles. The standard InChI is InChI=1S/C19H15F2NO3S/c1-24-17-4-2-3-15(21)19(17)25-16-6-5-13(20)9-12(16)10-14(23)11-18-22-7-8-26-18/h2-9H,10-11H2,1H3. The Hall–Kier alpha value is -2.80. The van der Waals surface area contributed by atoms with Crippen LogP contribution in [-0.4, -0.2) is 17.9 Å². The zero-order chi connectivity index (χ0) is 18.5. The average Bonchev–Trinajstić information content (AvgIpc) is 3.11. The van der Waals surface area contributed by atoms with Crippen LogP contribution in [0, 0.1) is 11.6 Å². The lowest BCUT2D eigenvalue weighted by atomic mass is 10.1. The molecule has 26 heavy (non-hydrogen) atoms. The minimum atomic E-state index is -0.617. The molecular weight excluding hydrogens is 360 g/mol. The number of carbonyl (C=O) groups excluding carboxylic acids is 1. The number of carbonyl (C=O) groups is 1. The number of hydrogen-bond acceptors (Lipinski definition) is 5. The Bertz CT molecular complexity index is 913. The highest BCUT2D eigenvalue weighted by Gasteiger charge is 2.17. The van der Waals surface area contributed by atoms with Gasteiger partial charge in [0.15, 0.2) is 11.6 Å². The molecule has 0 saturated heterocycles. The number of benzene rings is 2. The van der Waals surface area contributed by atoms with Crippen molar-refractivity contribution in [1.29, 1.82) is 0 Å². The molecule has 0 atom stereocenters. The molecule has 0 spiro atoms. The third-order valence-electron chi connectivity index (χ3n) is 3.60. The first-order valence-electron chi connectivity index (χ1n) is 7.75. The maximum absolute atomic E-state index is 14.1. The van der Waals surface area contributed by atoms with Crippen LogP contribution in [0.15, 0.2) is 48.0 Å². The third-order valence-corrected chi connectivity index (χ3v) is 4.38. The van der Waals surface area contributed by atoms with E-state index >= 15 is 0 Å². The second-order valence-electron chi connectivity index (χ2n) is 5.44. The van der Waals surface area contributed by atoms with Gasteiger partial charge in [-0.2, -0.15) is 0 Å². The van der Waals surface area contributed by atoms with Gasteiger partial charge in [-0.3, -0.25) is 4.79 Å². The number of aromatic nitrogens is 1. The predicted octanol–water partition coefficient (Wildman–Crippen LogP) is 4.58. The predicted molar refractivity (Wildman–Crippen MR) is 94.0 cm³/mol. The molecule has 0 aliphatic rings. The SMILES string of the molecule is COc1cccc(F)c1Oc1ccc(F)cc1CC(=O)Cc1nccs1. The molecule has 0 radical (unpaired) electrons. The summed E-state index contributed by atoms with van der Waals surface area (Å²) in [5.41, 5.74) is 0.330. The lowest BCUT2D eigenvalue weighted by Gasteiger charge is -2.14. The minimum absolute atomic E-state index is 0.0521. The van der Waals surface area contributed by atoms with Crippen molar-refractivity contribution in [3.05, 3.63) is 70.2 Å². The Labute approximate surface area is 153 Å². The van der Waals surface area contributed by atoms with Crippen LogP contribution in [0.4, 0.5) is 8.78 Å². The fourth-order valence-electron chi connectivity index (χ4n) is 2.43. The van der Waals surface area contributed by atoms with Crippen LogP contribution in [0.25, 0.3) is 0 Å². The van der Waals surface area contributed by atoms with Gasteiger partial charge in [0.1, 0.15) is 17.3 Å². The maximum atomic E-state index is 14.1. The highest BCUT2D eigenvalue weighted by atomic mass is 32.1. The quantitative estimate of drug-likeness (QED) is 0.607. The molecule has 0 unspecified atom stereocenters. The van der Waals surface area contributed by atoms with E-state index in [0.717, 1.165) is 0 Å². The van der Waals surface area contributed by atoms with E-state index in [9.17, 15) is 13.6 Å². The van der Waals surface area contributed by atoms with E-state index in [4.69, 9.17) is 9.47 Å². The number of Topliss-reactive ketones (excluding diaryl/α,β-unsaturated/α-hetero) is 1. The number of ketones is 1. The molecule has 7 heteroatoms. The summed E-state index contributed by atoms with van der Waals surface area (Å²) in [5, 5.41) is 2.47. The van der Waals surface area contributed by atoms with Gasteiger partial charge in [0.25, 0.3) is 0 Å². The first-order valence-corrected chi connectivity index (χ1v) is 8.63. The van der Waals surface area contributed by atoms with Gasteiger partial charge >= 0.3 is 0 Å². The van der Waals surface area contributed by atoms with E-state index in [1.165, 1.54) is 48.8 Å². The summed E-state index contributed by atoms with van der Waals surface area (Å²) in [5.74, 6) is -0.980. The normalized spacial score (nSPS) is 10.6. The van der Waals surface area contributed by atoms with Crippen LogP contribution in [-0.2, 0) is 17.6 Å². The Kier molecular flexibility index (Phi) is 5.58. The van der Waals surface area contributed by atoms with Crippen molar-refractivity contribution in [2.75, 3.05) is 7.11 Å². The first kappa shape index (κ1) is 18.0. The highest BCUT2D eigenvalue weighted by molar-refractivity contribution is 7.09. The van der Waals surface area contributed by atoms with Gasteiger partial charge in [-0.25, -0.2) is 13.8 Å². The molecule has 4 nitrogen and oxygen atoms in total. The van der Waals surface area contributed by atoms with Crippen LogP contribution >= 0.6 is 11.3 Å². The number of hydrogen-bond donors (Lipinski definition) is 0. The van der Waals surface area contributed by atoms with E-state index in [0.29, 0.717) is 10.6 Å². The molecule has 0 aliphatic carbocycles. The number of nitrogens with zero attached hydrogens (tertiary/aromatic N) is 1.